The minimum absolute atomic E-state index is 0.112. The molecule has 4 rings (SSSR count). The van der Waals surface area contributed by atoms with Crippen LogP contribution in [0.15, 0.2) is 53.4 Å². The predicted molar refractivity (Wildman–Crippen MR) is 110 cm³/mol. The van der Waals surface area contributed by atoms with Crippen molar-refractivity contribution in [3.63, 3.8) is 0 Å². The molecule has 2 aromatic carbocycles. The number of ether oxygens (including phenoxy) is 1. The van der Waals surface area contributed by atoms with Gasteiger partial charge in [-0.1, -0.05) is 36.4 Å². The maximum Gasteiger partial charge on any atom is 0.416 e. The van der Waals surface area contributed by atoms with E-state index < -0.39 is 17.0 Å². The fourth-order valence-corrected chi connectivity index (χ4v) is 6.10. The molecule has 0 aromatic heterocycles. The van der Waals surface area contributed by atoms with Crippen molar-refractivity contribution < 1.29 is 22.7 Å². The molecule has 1 saturated heterocycles. The fourth-order valence-electron chi connectivity index (χ4n) is 4.59. The van der Waals surface area contributed by atoms with E-state index in [1.54, 1.807) is 6.07 Å². The zero-order valence-corrected chi connectivity index (χ0v) is 17.5. The third kappa shape index (κ3) is 4.37. The average molecular weight is 436 g/mol. The highest BCUT2D eigenvalue weighted by Gasteiger charge is 2.45. The average Bonchev–Trinajstić information content (AvgIpc) is 3.13. The Morgan fingerprint density at radius 1 is 1.13 bits per heavy atom. The number of rotatable bonds is 4. The highest BCUT2D eigenvalue weighted by molar-refractivity contribution is 8.01. The summed E-state index contributed by atoms with van der Waals surface area (Å²) in [6.07, 6.45) is -2.57. The van der Waals surface area contributed by atoms with Crippen LogP contribution in [-0.4, -0.2) is 36.3 Å². The van der Waals surface area contributed by atoms with E-state index >= 15 is 0 Å². The summed E-state index contributed by atoms with van der Waals surface area (Å²) in [5, 5.41) is -0.487. The van der Waals surface area contributed by atoms with Crippen LogP contribution in [0.1, 0.15) is 35.4 Å². The van der Waals surface area contributed by atoms with Crippen LogP contribution in [0.3, 0.4) is 0 Å². The summed E-state index contributed by atoms with van der Waals surface area (Å²) in [6.45, 7) is 2.70. The van der Waals surface area contributed by atoms with Crippen molar-refractivity contribution in [1.29, 1.82) is 0 Å². The number of nitrogens with zero attached hydrogens (tertiary/aromatic N) is 1. The summed E-state index contributed by atoms with van der Waals surface area (Å²) in [6, 6.07) is 14.2. The van der Waals surface area contributed by atoms with Crippen LogP contribution < -0.4 is 0 Å². The Bertz CT molecular complexity index is 895. The number of methoxy groups -OCH3 is 1. The van der Waals surface area contributed by atoms with E-state index in [0.717, 1.165) is 44.1 Å². The van der Waals surface area contributed by atoms with Gasteiger partial charge in [-0.3, -0.25) is 9.69 Å². The van der Waals surface area contributed by atoms with E-state index in [2.05, 4.69) is 17.0 Å². The Balaban J connectivity index is 1.51. The normalized spacial score (nSPS) is 22.7. The molecule has 0 saturated carbocycles. The second kappa shape index (κ2) is 8.63. The van der Waals surface area contributed by atoms with Gasteiger partial charge in [0.05, 0.1) is 12.7 Å². The lowest BCUT2D eigenvalue weighted by molar-refractivity contribution is -0.141. The van der Waals surface area contributed by atoms with Crippen molar-refractivity contribution >= 4 is 17.7 Å². The Kier molecular flexibility index (Phi) is 6.11. The molecule has 2 aromatic rings. The van der Waals surface area contributed by atoms with Crippen molar-refractivity contribution in [2.24, 2.45) is 5.92 Å². The molecule has 2 aliphatic rings. The Hall–Kier alpha value is -1.99. The minimum Gasteiger partial charge on any atom is -0.468 e. The van der Waals surface area contributed by atoms with Crippen LogP contribution in [0.25, 0.3) is 0 Å². The quantitative estimate of drug-likeness (QED) is 0.606. The Labute approximate surface area is 178 Å². The van der Waals surface area contributed by atoms with E-state index in [1.165, 1.54) is 30.5 Å². The monoisotopic (exact) mass is 435 g/mol. The smallest absolute Gasteiger partial charge is 0.416 e. The summed E-state index contributed by atoms with van der Waals surface area (Å²) >= 11 is 1.22. The summed E-state index contributed by atoms with van der Waals surface area (Å²) in [5.74, 6) is -0.230. The van der Waals surface area contributed by atoms with Gasteiger partial charge in [0.2, 0.25) is 0 Å². The zero-order chi connectivity index (χ0) is 21.3. The lowest BCUT2D eigenvalue weighted by Crippen LogP contribution is -2.38. The number of esters is 1. The number of carbonyl (C=O) groups is 1. The van der Waals surface area contributed by atoms with Gasteiger partial charge in [0, 0.05) is 17.4 Å². The number of piperidine rings is 1. The number of benzene rings is 2. The molecule has 0 radical (unpaired) electrons. The van der Waals surface area contributed by atoms with E-state index in [-0.39, 0.29) is 17.8 Å². The second-order valence-electron chi connectivity index (χ2n) is 7.94. The molecule has 2 atom stereocenters. The molecular formula is C23H24F3NO2S. The van der Waals surface area contributed by atoms with Crippen LogP contribution in [0.2, 0.25) is 0 Å². The third-order valence-electron chi connectivity index (χ3n) is 6.10. The summed E-state index contributed by atoms with van der Waals surface area (Å²) < 4.78 is 44.4. The maximum absolute atomic E-state index is 13.1. The molecule has 0 bridgehead atoms. The number of halogens is 3. The van der Waals surface area contributed by atoms with Gasteiger partial charge in [-0.05, 0) is 55.1 Å². The first-order chi connectivity index (χ1) is 14.4. The fraction of sp³-hybridized carbons (Fsp3) is 0.435. The van der Waals surface area contributed by atoms with Crippen molar-refractivity contribution in [3.05, 3.63) is 65.2 Å². The van der Waals surface area contributed by atoms with Crippen molar-refractivity contribution in [2.75, 3.05) is 20.2 Å². The van der Waals surface area contributed by atoms with Gasteiger partial charge < -0.3 is 4.74 Å². The summed E-state index contributed by atoms with van der Waals surface area (Å²) in [7, 11) is 1.34. The molecule has 3 nitrogen and oxygen atoms in total. The van der Waals surface area contributed by atoms with Gasteiger partial charge >= 0.3 is 12.1 Å². The van der Waals surface area contributed by atoms with Crippen molar-refractivity contribution in [1.82, 2.24) is 4.90 Å². The van der Waals surface area contributed by atoms with Gasteiger partial charge in [0.25, 0.3) is 0 Å². The largest absolute Gasteiger partial charge is 0.468 e. The predicted octanol–water partition coefficient (Wildman–Crippen LogP) is 5.35. The minimum atomic E-state index is -4.39. The van der Waals surface area contributed by atoms with E-state index in [0.29, 0.717) is 4.90 Å². The maximum atomic E-state index is 13.1. The molecule has 2 unspecified atom stereocenters. The van der Waals surface area contributed by atoms with Crippen molar-refractivity contribution in [3.8, 4) is 0 Å². The second-order valence-corrected chi connectivity index (χ2v) is 9.12. The molecule has 2 heterocycles. The number of thioether (sulfide) groups is 1. The van der Waals surface area contributed by atoms with Crippen LogP contribution in [0, 0.1) is 5.92 Å². The SMILES string of the molecule is COC(=O)C1Sc2cc(C(F)(F)F)ccc2C1C1CCN(Cc2ccccc2)CC1. The third-order valence-corrected chi connectivity index (χ3v) is 7.45. The molecule has 160 valence electrons. The van der Waals surface area contributed by atoms with Gasteiger partial charge in [-0.15, -0.1) is 11.8 Å². The van der Waals surface area contributed by atoms with Gasteiger partial charge in [-0.25, -0.2) is 0 Å². The Morgan fingerprint density at radius 2 is 1.83 bits per heavy atom. The number of likely N-dealkylation sites (tertiary alicyclic amines) is 1. The van der Waals surface area contributed by atoms with Crippen LogP contribution in [-0.2, 0) is 22.3 Å². The lowest BCUT2D eigenvalue weighted by atomic mass is 9.78. The molecule has 0 spiro atoms. The first kappa shape index (κ1) is 21.2. The number of carbonyl (C=O) groups excluding carboxylic acids is 1. The molecule has 0 amide bonds. The number of hydrogen-bond acceptors (Lipinski definition) is 4. The first-order valence-electron chi connectivity index (χ1n) is 10.1. The molecule has 0 aliphatic carbocycles. The number of fused-ring (bicyclic) bond motifs is 1. The molecule has 0 N–H and O–H groups in total. The molecule has 2 aliphatic heterocycles. The van der Waals surface area contributed by atoms with Gasteiger partial charge in [0.1, 0.15) is 5.25 Å². The zero-order valence-electron chi connectivity index (χ0n) is 16.7. The first-order valence-corrected chi connectivity index (χ1v) is 11.0. The number of hydrogen-bond donors (Lipinski definition) is 0. The van der Waals surface area contributed by atoms with E-state index in [1.807, 2.05) is 18.2 Å². The molecular weight excluding hydrogens is 411 g/mol. The molecule has 7 heteroatoms. The lowest BCUT2D eigenvalue weighted by Gasteiger charge is -2.36. The van der Waals surface area contributed by atoms with Gasteiger partial charge in [-0.2, -0.15) is 13.2 Å². The van der Waals surface area contributed by atoms with E-state index in [4.69, 9.17) is 4.74 Å². The van der Waals surface area contributed by atoms with Crippen LogP contribution in [0.4, 0.5) is 13.2 Å². The highest BCUT2D eigenvalue weighted by Crippen LogP contribution is 2.52. The van der Waals surface area contributed by atoms with Crippen molar-refractivity contribution in [2.45, 2.75) is 41.6 Å². The Morgan fingerprint density at radius 3 is 2.47 bits per heavy atom. The summed E-state index contributed by atoms with van der Waals surface area (Å²) in [5.41, 5.74) is 1.45. The molecule has 30 heavy (non-hydrogen) atoms. The van der Waals surface area contributed by atoms with E-state index in [9.17, 15) is 18.0 Å². The standard InChI is InChI=1S/C23H24F3NO2S/c1-29-22(28)21-20(18-8-7-17(23(24,25)26)13-19(18)30-21)16-9-11-27(12-10-16)14-15-5-3-2-4-6-15/h2-8,13,16,20-21H,9-12,14H2,1H3. The van der Waals surface area contributed by atoms with Crippen LogP contribution >= 0.6 is 11.8 Å². The summed E-state index contributed by atoms with van der Waals surface area (Å²) in [4.78, 5) is 15.4. The highest BCUT2D eigenvalue weighted by atomic mass is 32.2. The molecule has 1 fully saturated rings. The van der Waals surface area contributed by atoms with Gasteiger partial charge in [0.15, 0.2) is 0 Å². The topological polar surface area (TPSA) is 29.5 Å². The van der Waals surface area contributed by atoms with Crippen LogP contribution in [0.5, 0.6) is 0 Å². The number of alkyl halides is 3.